The van der Waals surface area contributed by atoms with Crippen LogP contribution in [0.2, 0.25) is 0 Å². The summed E-state index contributed by atoms with van der Waals surface area (Å²) in [4.78, 5) is 11.9. The molecule has 0 aliphatic carbocycles. The summed E-state index contributed by atoms with van der Waals surface area (Å²) in [6.07, 6.45) is 2.62. The molecule has 0 aromatic heterocycles. The second-order valence-corrected chi connectivity index (χ2v) is 6.97. The summed E-state index contributed by atoms with van der Waals surface area (Å²) in [5.74, 6) is 1.37. The average Bonchev–Trinajstić information content (AvgIpc) is 2.54. The smallest absolute Gasteiger partial charge is 0.323 e. The van der Waals surface area contributed by atoms with Crippen molar-refractivity contribution in [1.29, 1.82) is 0 Å². The van der Waals surface area contributed by atoms with Crippen molar-refractivity contribution in [3.8, 4) is 5.75 Å². The van der Waals surface area contributed by atoms with Crippen molar-refractivity contribution in [1.82, 2.24) is 0 Å². The van der Waals surface area contributed by atoms with Crippen LogP contribution in [0.15, 0.2) is 30.3 Å². The fraction of sp³-hybridized carbons (Fsp3) is 0.650. The highest BCUT2D eigenvalue weighted by molar-refractivity contribution is 5.75. The SMILES string of the molecule is CC[C@@H](CCC(C)C)[C@H](Oc1ccccc1)[C@H](C)OC(=O)[C@H](C)N. The van der Waals surface area contributed by atoms with Crippen LogP contribution in [0, 0.1) is 11.8 Å². The highest BCUT2D eigenvalue weighted by Crippen LogP contribution is 2.27. The molecule has 4 atom stereocenters. The van der Waals surface area contributed by atoms with E-state index in [0.717, 1.165) is 25.0 Å². The molecule has 1 rings (SSSR count). The van der Waals surface area contributed by atoms with Gasteiger partial charge < -0.3 is 15.2 Å². The van der Waals surface area contributed by atoms with Crippen LogP contribution in [0.1, 0.15) is 53.9 Å². The van der Waals surface area contributed by atoms with Crippen molar-refractivity contribution in [2.24, 2.45) is 17.6 Å². The van der Waals surface area contributed by atoms with Crippen molar-refractivity contribution in [3.05, 3.63) is 30.3 Å². The molecule has 0 unspecified atom stereocenters. The summed E-state index contributed by atoms with van der Waals surface area (Å²) < 4.78 is 11.8. The molecule has 136 valence electrons. The Hall–Kier alpha value is -1.55. The lowest BCUT2D eigenvalue weighted by molar-refractivity contribution is -0.155. The highest BCUT2D eigenvalue weighted by Gasteiger charge is 2.31. The summed E-state index contributed by atoms with van der Waals surface area (Å²) in [5.41, 5.74) is 5.63. The molecule has 1 aromatic rings. The third kappa shape index (κ3) is 6.91. The maximum atomic E-state index is 11.9. The predicted octanol–water partition coefficient (Wildman–Crippen LogP) is 4.18. The molecule has 4 heteroatoms. The quantitative estimate of drug-likeness (QED) is 0.652. The molecular formula is C20H33NO3. The minimum Gasteiger partial charge on any atom is -0.486 e. The second-order valence-electron chi connectivity index (χ2n) is 6.97. The fourth-order valence-electron chi connectivity index (χ4n) is 2.74. The van der Waals surface area contributed by atoms with Gasteiger partial charge in [0.25, 0.3) is 0 Å². The Balaban J connectivity index is 2.89. The number of esters is 1. The van der Waals surface area contributed by atoms with Crippen LogP contribution in [0.4, 0.5) is 0 Å². The normalized spacial score (nSPS) is 16.3. The van der Waals surface area contributed by atoms with Crippen molar-refractivity contribution in [3.63, 3.8) is 0 Å². The Morgan fingerprint density at radius 1 is 1.08 bits per heavy atom. The van der Waals surface area contributed by atoms with E-state index in [2.05, 4.69) is 20.8 Å². The van der Waals surface area contributed by atoms with Crippen LogP contribution in [0.5, 0.6) is 5.75 Å². The Labute approximate surface area is 146 Å². The molecule has 1 aromatic carbocycles. The summed E-state index contributed by atoms with van der Waals surface area (Å²) in [5, 5.41) is 0. The maximum Gasteiger partial charge on any atom is 0.323 e. The predicted molar refractivity (Wildman–Crippen MR) is 97.9 cm³/mol. The second kappa shape index (κ2) is 10.3. The van der Waals surface area contributed by atoms with E-state index in [1.165, 1.54) is 0 Å². The molecule has 0 spiro atoms. The highest BCUT2D eigenvalue weighted by atomic mass is 16.6. The Morgan fingerprint density at radius 3 is 2.21 bits per heavy atom. The molecule has 0 amide bonds. The first-order valence-corrected chi connectivity index (χ1v) is 9.02. The Bertz CT molecular complexity index is 473. The largest absolute Gasteiger partial charge is 0.486 e. The van der Waals surface area contributed by atoms with E-state index >= 15 is 0 Å². The van der Waals surface area contributed by atoms with Crippen molar-refractivity contribution in [2.45, 2.75) is 72.1 Å². The number of hydrogen-bond donors (Lipinski definition) is 1. The lowest BCUT2D eigenvalue weighted by Crippen LogP contribution is -2.42. The van der Waals surface area contributed by atoms with Gasteiger partial charge in [-0.3, -0.25) is 4.79 Å². The average molecular weight is 335 g/mol. The summed E-state index contributed by atoms with van der Waals surface area (Å²) in [6.45, 7) is 10.1. The first kappa shape index (κ1) is 20.5. The van der Waals surface area contributed by atoms with Gasteiger partial charge in [0.2, 0.25) is 0 Å². The molecule has 0 fully saturated rings. The summed E-state index contributed by atoms with van der Waals surface area (Å²) >= 11 is 0. The van der Waals surface area contributed by atoms with Gasteiger partial charge in [-0.15, -0.1) is 0 Å². The van der Waals surface area contributed by atoms with E-state index in [0.29, 0.717) is 11.8 Å². The molecule has 0 bridgehead atoms. The van der Waals surface area contributed by atoms with E-state index in [1.54, 1.807) is 6.92 Å². The van der Waals surface area contributed by atoms with Crippen LogP contribution in [0.3, 0.4) is 0 Å². The van der Waals surface area contributed by atoms with E-state index in [4.69, 9.17) is 15.2 Å². The van der Waals surface area contributed by atoms with E-state index in [9.17, 15) is 4.79 Å². The molecule has 4 nitrogen and oxygen atoms in total. The number of carbonyl (C=O) groups is 1. The van der Waals surface area contributed by atoms with Gasteiger partial charge in [-0.05, 0) is 50.7 Å². The molecule has 0 aliphatic heterocycles. The Morgan fingerprint density at radius 2 is 1.71 bits per heavy atom. The first-order valence-electron chi connectivity index (χ1n) is 9.02. The zero-order chi connectivity index (χ0) is 18.1. The van der Waals surface area contributed by atoms with Gasteiger partial charge in [-0.1, -0.05) is 45.4 Å². The standard InChI is InChI=1S/C20H33NO3/c1-6-17(13-12-14(2)3)19(16(5)23-20(22)15(4)21)24-18-10-8-7-9-11-18/h7-11,14-17,19H,6,12-13,21H2,1-5H3/t15-,16-,17-,19+/m0/s1. The number of para-hydroxylation sites is 1. The van der Waals surface area contributed by atoms with Gasteiger partial charge in [-0.2, -0.15) is 0 Å². The molecule has 0 aliphatic rings. The monoisotopic (exact) mass is 335 g/mol. The molecular weight excluding hydrogens is 302 g/mol. The molecule has 0 radical (unpaired) electrons. The minimum atomic E-state index is -0.624. The third-order valence-electron chi connectivity index (χ3n) is 4.26. The molecule has 0 saturated carbocycles. The van der Waals surface area contributed by atoms with Crippen LogP contribution in [-0.2, 0) is 9.53 Å². The molecule has 0 heterocycles. The Kier molecular flexibility index (Phi) is 8.83. The van der Waals surface area contributed by atoms with Crippen LogP contribution < -0.4 is 10.5 Å². The number of ether oxygens (including phenoxy) is 2. The topological polar surface area (TPSA) is 61.5 Å². The molecule has 2 N–H and O–H groups in total. The fourth-order valence-corrected chi connectivity index (χ4v) is 2.74. The van der Waals surface area contributed by atoms with Crippen molar-refractivity contribution in [2.75, 3.05) is 0 Å². The zero-order valence-corrected chi connectivity index (χ0v) is 15.7. The number of benzene rings is 1. The number of hydrogen-bond acceptors (Lipinski definition) is 4. The maximum absolute atomic E-state index is 11.9. The number of nitrogens with two attached hydrogens (primary N) is 1. The van der Waals surface area contributed by atoms with E-state index in [-0.39, 0.29) is 18.2 Å². The van der Waals surface area contributed by atoms with E-state index < -0.39 is 6.04 Å². The zero-order valence-electron chi connectivity index (χ0n) is 15.7. The lowest BCUT2D eigenvalue weighted by Gasteiger charge is -2.32. The van der Waals surface area contributed by atoms with Crippen LogP contribution in [-0.4, -0.2) is 24.2 Å². The van der Waals surface area contributed by atoms with Crippen LogP contribution >= 0.6 is 0 Å². The van der Waals surface area contributed by atoms with Gasteiger partial charge in [0.15, 0.2) is 0 Å². The summed E-state index contributed by atoms with van der Waals surface area (Å²) in [7, 11) is 0. The summed E-state index contributed by atoms with van der Waals surface area (Å²) in [6, 6.07) is 9.09. The van der Waals surface area contributed by atoms with Crippen LogP contribution in [0.25, 0.3) is 0 Å². The third-order valence-corrected chi connectivity index (χ3v) is 4.26. The number of carbonyl (C=O) groups excluding carboxylic acids is 1. The van der Waals surface area contributed by atoms with Crippen molar-refractivity contribution < 1.29 is 14.3 Å². The minimum absolute atomic E-state index is 0.182. The molecule has 0 saturated heterocycles. The molecule has 24 heavy (non-hydrogen) atoms. The van der Waals surface area contributed by atoms with Gasteiger partial charge in [-0.25, -0.2) is 0 Å². The van der Waals surface area contributed by atoms with Gasteiger partial charge in [0.05, 0.1) is 0 Å². The van der Waals surface area contributed by atoms with Crippen molar-refractivity contribution >= 4 is 5.97 Å². The van der Waals surface area contributed by atoms with Gasteiger partial charge in [0, 0.05) is 0 Å². The number of rotatable bonds is 10. The lowest BCUT2D eigenvalue weighted by atomic mass is 9.88. The van der Waals surface area contributed by atoms with Gasteiger partial charge >= 0.3 is 5.97 Å². The first-order chi connectivity index (χ1) is 11.3. The van der Waals surface area contributed by atoms with Gasteiger partial charge in [0.1, 0.15) is 24.0 Å². The van der Waals surface area contributed by atoms with E-state index in [1.807, 2.05) is 37.3 Å².